The lowest BCUT2D eigenvalue weighted by molar-refractivity contribution is -0.247. The maximum absolute atomic E-state index is 12.3. The number of rotatable bonds is 6. The van der Waals surface area contributed by atoms with E-state index in [0.29, 0.717) is 11.1 Å². The smallest absolute Gasteiger partial charge is 0.338 e. The molecule has 2 atom stereocenters. The first-order valence-corrected chi connectivity index (χ1v) is 10.8. The van der Waals surface area contributed by atoms with E-state index in [-0.39, 0.29) is 35.8 Å². The van der Waals surface area contributed by atoms with Gasteiger partial charge in [-0.3, -0.25) is 0 Å². The van der Waals surface area contributed by atoms with E-state index in [4.69, 9.17) is 14.2 Å². The molecule has 36 heavy (non-hydrogen) atoms. The summed E-state index contributed by atoms with van der Waals surface area (Å²) in [5.41, 5.74) is -1.21. The second kappa shape index (κ2) is 9.62. The first-order chi connectivity index (χ1) is 17.0. The van der Waals surface area contributed by atoms with E-state index in [1.165, 1.54) is 48.6 Å². The molecular formula is C25H22O11. The average molecular weight is 498 g/mol. The number of carbonyl (C=O) groups is 3. The average Bonchev–Trinajstić information content (AvgIpc) is 2.82. The lowest BCUT2D eigenvalue weighted by Gasteiger charge is -2.48. The molecule has 0 amide bonds. The fourth-order valence-electron chi connectivity index (χ4n) is 3.98. The predicted molar refractivity (Wildman–Crippen MR) is 121 cm³/mol. The van der Waals surface area contributed by atoms with Crippen molar-refractivity contribution in [2.24, 2.45) is 0 Å². The summed E-state index contributed by atoms with van der Waals surface area (Å²) in [5, 5.41) is 48.5. The third-order valence-corrected chi connectivity index (χ3v) is 5.79. The van der Waals surface area contributed by atoms with Crippen molar-refractivity contribution in [3.05, 3.63) is 59.7 Å². The van der Waals surface area contributed by atoms with Crippen molar-refractivity contribution >= 4 is 30.1 Å². The molecular weight excluding hydrogens is 476 g/mol. The summed E-state index contributed by atoms with van der Waals surface area (Å²) < 4.78 is 15.9. The molecule has 0 radical (unpaired) electrons. The Labute approximate surface area is 204 Å². The van der Waals surface area contributed by atoms with E-state index in [1.54, 1.807) is 0 Å². The van der Waals surface area contributed by atoms with Crippen LogP contribution in [-0.4, -0.2) is 67.4 Å². The molecule has 2 aliphatic heterocycles. The number of carbonyl (C=O) groups excluding carboxylic acids is 3. The SMILES string of the molecule is O=C(C=Cc1ccc(O)c(O)c1)OC1CC2(O)CC(OC(=O)C=Cc3ccc(O)c(O)c3)C1OC2=O. The molecule has 3 fully saturated rings. The van der Waals surface area contributed by atoms with Gasteiger partial charge >= 0.3 is 17.9 Å². The number of phenols is 4. The fourth-order valence-corrected chi connectivity index (χ4v) is 3.98. The number of hydrogen-bond acceptors (Lipinski definition) is 11. The van der Waals surface area contributed by atoms with Crippen LogP contribution < -0.4 is 0 Å². The molecule has 188 valence electrons. The third kappa shape index (κ3) is 5.26. The number of aliphatic hydroxyl groups is 1. The Hall–Kier alpha value is -4.51. The molecule has 2 aromatic carbocycles. The zero-order valence-corrected chi connectivity index (χ0v) is 18.6. The van der Waals surface area contributed by atoms with E-state index < -0.39 is 41.8 Å². The summed E-state index contributed by atoms with van der Waals surface area (Å²) in [6.07, 6.45) is 0.939. The van der Waals surface area contributed by atoms with E-state index in [1.807, 2.05) is 0 Å². The highest BCUT2D eigenvalue weighted by Crippen LogP contribution is 2.40. The van der Waals surface area contributed by atoms with Gasteiger partial charge < -0.3 is 39.7 Å². The van der Waals surface area contributed by atoms with Gasteiger partial charge in [0.15, 0.2) is 34.7 Å². The molecule has 2 saturated heterocycles. The molecule has 11 heteroatoms. The van der Waals surface area contributed by atoms with Gasteiger partial charge in [0.1, 0.15) is 12.2 Å². The van der Waals surface area contributed by atoms with Crippen molar-refractivity contribution < 1.29 is 54.1 Å². The number of phenolic OH excluding ortho intramolecular Hbond substituents is 4. The Balaban J connectivity index is 1.42. The minimum atomic E-state index is -2.01. The van der Waals surface area contributed by atoms with Crippen LogP contribution in [0.5, 0.6) is 23.0 Å². The maximum atomic E-state index is 12.3. The van der Waals surface area contributed by atoms with Gasteiger partial charge in [0.25, 0.3) is 0 Å². The Morgan fingerprint density at radius 3 is 1.64 bits per heavy atom. The van der Waals surface area contributed by atoms with Gasteiger partial charge in [0.05, 0.1) is 0 Å². The first-order valence-electron chi connectivity index (χ1n) is 10.8. The van der Waals surface area contributed by atoms with Crippen LogP contribution >= 0.6 is 0 Å². The minimum Gasteiger partial charge on any atom is -0.504 e. The van der Waals surface area contributed by atoms with Crippen molar-refractivity contribution in [2.75, 3.05) is 0 Å². The molecule has 3 aliphatic rings. The second-order valence-electron chi connectivity index (χ2n) is 8.42. The predicted octanol–water partition coefficient (Wildman–Crippen LogP) is 1.51. The highest BCUT2D eigenvalue weighted by atomic mass is 16.6. The number of fused-ring (bicyclic) bond motifs is 3. The topological polar surface area (TPSA) is 180 Å². The summed E-state index contributed by atoms with van der Waals surface area (Å²) in [6, 6.07) is 7.85. The van der Waals surface area contributed by atoms with Crippen LogP contribution in [0, 0.1) is 0 Å². The molecule has 2 unspecified atom stereocenters. The number of benzene rings is 2. The largest absolute Gasteiger partial charge is 0.504 e. The summed E-state index contributed by atoms with van der Waals surface area (Å²) in [6.45, 7) is 0. The summed E-state index contributed by atoms with van der Waals surface area (Å²) in [7, 11) is 0. The zero-order valence-electron chi connectivity index (χ0n) is 18.6. The van der Waals surface area contributed by atoms with Gasteiger partial charge in [-0.15, -0.1) is 0 Å². The van der Waals surface area contributed by atoms with E-state index in [0.717, 1.165) is 12.2 Å². The number of ether oxygens (including phenoxy) is 3. The number of esters is 3. The molecule has 5 rings (SSSR count). The molecule has 11 nitrogen and oxygen atoms in total. The van der Waals surface area contributed by atoms with Crippen LogP contribution in [0.25, 0.3) is 12.2 Å². The van der Waals surface area contributed by atoms with Gasteiger partial charge in [-0.05, 0) is 47.5 Å². The molecule has 1 aliphatic carbocycles. The maximum Gasteiger partial charge on any atom is 0.338 e. The van der Waals surface area contributed by atoms with Crippen molar-refractivity contribution in [1.29, 1.82) is 0 Å². The molecule has 5 N–H and O–H groups in total. The Kier molecular flexibility index (Phi) is 6.58. The van der Waals surface area contributed by atoms with Crippen molar-refractivity contribution in [3.8, 4) is 23.0 Å². The summed E-state index contributed by atoms with van der Waals surface area (Å²) >= 11 is 0. The quantitative estimate of drug-likeness (QED) is 0.169. The molecule has 2 bridgehead atoms. The molecule has 1 saturated carbocycles. The third-order valence-electron chi connectivity index (χ3n) is 5.79. The highest BCUT2D eigenvalue weighted by molar-refractivity contribution is 5.89. The summed E-state index contributed by atoms with van der Waals surface area (Å²) in [4.78, 5) is 36.8. The van der Waals surface area contributed by atoms with Crippen LogP contribution in [0.4, 0.5) is 0 Å². The van der Waals surface area contributed by atoms with Crippen molar-refractivity contribution in [2.45, 2.75) is 36.8 Å². The van der Waals surface area contributed by atoms with Crippen molar-refractivity contribution in [1.82, 2.24) is 0 Å². The van der Waals surface area contributed by atoms with E-state index >= 15 is 0 Å². The minimum absolute atomic E-state index is 0.243. The Bertz CT molecular complexity index is 1180. The van der Waals surface area contributed by atoms with Crippen LogP contribution in [0.2, 0.25) is 0 Å². The van der Waals surface area contributed by atoms with Crippen LogP contribution in [0.3, 0.4) is 0 Å². The van der Waals surface area contributed by atoms with E-state index in [2.05, 4.69) is 0 Å². The highest BCUT2D eigenvalue weighted by Gasteiger charge is 2.60. The zero-order chi connectivity index (χ0) is 26.0. The van der Waals surface area contributed by atoms with Gasteiger partial charge in [-0.2, -0.15) is 0 Å². The van der Waals surface area contributed by atoms with Gasteiger partial charge in [-0.1, -0.05) is 12.1 Å². The first kappa shape index (κ1) is 24.6. The number of aromatic hydroxyl groups is 4. The lowest BCUT2D eigenvalue weighted by Crippen LogP contribution is -2.65. The molecule has 2 heterocycles. The van der Waals surface area contributed by atoms with Crippen LogP contribution in [0.15, 0.2) is 48.6 Å². The van der Waals surface area contributed by atoms with Crippen LogP contribution in [-0.2, 0) is 28.6 Å². The second-order valence-corrected chi connectivity index (χ2v) is 8.42. The van der Waals surface area contributed by atoms with E-state index in [9.17, 15) is 39.9 Å². The Morgan fingerprint density at radius 2 is 1.25 bits per heavy atom. The van der Waals surface area contributed by atoms with Gasteiger partial charge in [-0.25, -0.2) is 14.4 Å². The summed E-state index contributed by atoms with van der Waals surface area (Å²) in [5.74, 6) is -3.96. The standard InChI is InChI=1S/C25H22O11/c26-15-5-1-13(9-17(15)28)3-7-21(30)34-19-11-25(33)12-20(23(19)36-24(25)32)35-22(31)8-4-14-2-6-16(27)18(29)10-14/h1-10,19-20,23,26-29,33H,11-12H2. The molecule has 2 aromatic rings. The number of hydrogen-bond donors (Lipinski definition) is 5. The van der Waals surface area contributed by atoms with Crippen molar-refractivity contribution in [3.63, 3.8) is 0 Å². The molecule has 0 spiro atoms. The Morgan fingerprint density at radius 1 is 0.806 bits per heavy atom. The van der Waals surface area contributed by atoms with Gasteiger partial charge in [0, 0.05) is 25.0 Å². The van der Waals surface area contributed by atoms with Crippen LogP contribution in [0.1, 0.15) is 24.0 Å². The lowest BCUT2D eigenvalue weighted by atomic mass is 9.76. The monoisotopic (exact) mass is 498 g/mol. The fraction of sp³-hybridized carbons (Fsp3) is 0.240. The molecule has 0 aromatic heterocycles. The van der Waals surface area contributed by atoms with Gasteiger partial charge in [0.2, 0.25) is 0 Å². The normalized spacial score (nSPS) is 25.1.